The van der Waals surface area contributed by atoms with E-state index in [1.54, 1.807) is 7.11 Å². The van der Waals surface area contributed by atoms with E-state index in [9.17, 15) is 0 Å². The van der Waals surface area contributed by atoms with Crippen LogP contribution in [0, 0.1) is 0 Å². The molecule has 1 N–H and O–H groups in total. The molecule has 0 radical (unpaired) electrons. The summed E-state index contributed by atoms with van der Waals surface area (Å²) >= 11 is 5.83. The fourth-order valence-corrected chi connectivity index (χ4v) is 4.61. The molecule has 160 valence electrons. The molecule has 2 aromatic heterocycles. The molecule has 0 bridgehead atoms. The van der Waals surface area contributed by atoms with Crippen molar-refractivity contribution in [2.24, 2.45) is 0 Å². The fraction of sp³-hybridized carbons (Fsp3) is 0.154. The van der Waals surface area contributed by atoms with Crippen LogP contribution in [0.15, 0.2) is 97.3 Å². The number of nitrogens with zero attached hydrogens (tertiary/aromatic N) is 3. The molecule has 6 heteroatoms. The highest BCUT2D eigenvalue weighted by Gasteiger charge is 2.41. The summed E-state index contributed by atoms with van der Waals surface area (Å²) in [5, 5.41) is 4.27. The number of methoxy groups -OCH3 is 1. The zero-order valence-corrected chi connectivity index (χ0v) is 18.6. The highest BCUT2D eigenvalue weighted by atomic mass is 32.1. The van der Waals surface area contributed by atoms with Crippen molar-refractivity contribution in [3.8, 4) is 11.4 Å². The molecule has 5 rings (SSSR count). The third-order valence-corrected chi connectivity index (χ3v) is 6.16. The number of ether oxygens (including phenoxy) is 1. The maximum atomic E-state index is 5.83. The van der Waals surface area contributed by atoms with Crippen molar-refractivity contribution in [1.29, 1.82) is 0 Å². The van der Waals surface area contributed by atoms with Crippen LogP contribution >= 0.6 is 12.2 Å². The van der Waals surface area contributed by atoms with E-state index in [0.29, 0.717) is 6.54 Å². The molecule has 1 aliphatic heterocycles. The molecule has 32 heavy (non-hydrogen) atoms. The van der Waals surface area contributed by atoms with Gasteiger partial charge >= 0.3 is 0 Å². The Balaban J connectivity index is 1.60. The first-order chi connectivity index (χ1) is 15.7. The SMILES string of the molecule is COc1cccc(-n2cccc2[C@H]2[C@H](c3ccccn3)NC(=S)N2Cc2ccccc2)c1. The van der Waals surface area contributed by atoms with Gasteiger partial charge in [0.1, 0.15) is 5.75 Å². The summed E-state index contributed by atoms with van der Waals surface area (Å²) in [6.45, 7) is 0.712. The van der Waals surface area contributed by atoms with Gasteiger partial charge in [0.2, 0.25) is 0 Å². The summed E-state index contributed by atoms with van der Waals surface area (Å²) in [6, 6.07) is 28.7. The Morgan fingerprint density at radius 1 is 0.969 bits per heavy atom. The largest absolute Gasteiger partial charge is 0.497 e. The van der Waals surface area contributed by atoms with Crippen molar-refractivity contribution in [3.63, 3.8) is 0 Å². The first-order valence-corrected chi connectivity index (χ1v) is 11.0. The van der Waals surface area contributed by atoms with Crippen LogP contribution in [0.25, 0.3) is 5.69 Å². The Kier molecular flexibility index (Phi) is 5.60. The molecule has 4 aromatic rings. The standard InChI is InChI=1S/C26H24N4OS/c1-31-21-12-7-11-20(17-21)29-16-8-14-23(29)25-24(22-13-5-6-15-27-22)28-26(32)30(25)18-19-9-3-2-4-10-19/h2-17,24-25H,18H2,1H3,(H,28,32)/t24-,25-/m0/s1. The smallest absolute Gasteiger partial charge is 0.170 e. The predicted octanol–water partition coefficient (Wildman–Crippen LogP) is 5.05. The van der Waals surface area contributed by atoms with Gasteiger partial charge in [-0.15, -0.1) is 0 Å². The van der Waals surface area contributed by atoms with Crippen LogP contribution in [0.1, 0.15) is 29.0 Å². The number of benzene rings is 2. The van der Waals surface area contributed by atoms with E-state index in [-0.39, 0.29) is 12.1 Å². The molecule has 1 saturated heterocycles. The van der Waals surface area contributed by atoms with Gasteiger partial charge in [-0.2, -0.15) is 0 Å². The van der Waals surface area contributed by atoms with E-state index in [0.717, 1.165) is 27.9 Å². The van der Waals surface area contributed by atoms with Crippen LogP contribution in [0.5, 0.6) is 5.75 Å². The molecular weight excluding hydrogens is 416 g/mol. The fourth-order valence-electron chi connectivity index (χ4n) is 4.31. The van der Waals surface area contributed by atoms with Crippen molar-refractivity contribution in [2.45, 2.75) is 18.6 Å². The third-order valence-electron chi connectivity index (χ3n) is 5.81. The maximum Gasteiger partial charge on any atom is 0.170 e. The summed E-state index contributed by atoms with van der Waals surface area (Å²) in [4.78, 5) is 6.91. The molecule has 2 atom stereocenters. The van der Waals surface area contributed by atoms with Crippen LogP contribution in [-0.4, -0.2) is 26.7 Å². The van der Waals surface area contributed by atoms with Crippen molar-refractivity contribution in [2.75, 3.05) is 7.11 Å². The van der Waals surface area contributed by atoms with Crippen LogP contribution < -0.4 is 10.1 Å². The molecule has 1 aliphatic rings. The Hall–Kier alpha value is -3.64. The number of hydrogen-bond donors (Lipinski definition) is 1. The zero-order valence-electron chi connectivity index (χ0n) is 17.8. The lowest BCUT2D eigenvalue weighted by Crippen LogP contribution is -2.30. The highest BCUT2D eigenvalue weighted by Crippen LogP contribution is 2.40. The molecule has 0 aliphatic carbocycles. The van der Waals surface area contributed by atoms with Gasteiger partial charge in [-0.05, 0) is 54.2 Å². The lowest BCUT2D eigenvalue weighted by Gasteiger charge is -2.29. The van der Waals surface area contributed by atoms with E-state index < -0.39 is 0 Å². The average molecular weight is 441 g/mol. The molecule has 0 amide bonds. The average Bonchev–Trinajstić information content (AvgIpc) is 3.45. The maximum absolute atomic E-state index is 5.83. The first-order valence-electron chi connectivity index (χ1n) is 10.6. The number of nitrogens with one attached hydrogen (secondary N) is 1. The van der Waals surface area contributed by atoms with Gasteiger partial charge in [-0.3, -0.25) is 4.98 Å². The van der Waals surface area contributed by atoms with Crippen LogP contribution in [0.4, 0.5) is 0 Å². The van der Waals surface area contributed by atoms with Crippen LogP contribution in [0.2, 0.25) is 0 Å². The van der Waals surface area contributed by atoms with E-state index in [1.165, 1.54) is 5.56 Å². The Morgan fingerprint density at radius 3 is 2.59 bits per heavy atom. The van der Waals surface area contributed by atoms with Crippen molar-refractivity contribution in [1.82, 2.24) is 19.8 Å². The minimum absolute atomic E-state index is 0.0289. The number of hydrogen-bond acceptors (Lipinski definition) is 3. The topological polar surface area (TPSA) is 42.3 Å². The molecule has 0 spiro atoms. The lowest BCUT2D eigenvalue weighted by molar-refractivity contribution is 0.302. The third kappa shape index (κ3) is 3.85. The van der Waals surface area contributed by atoms with E-state index in [1.807, 2.05) is 42.6 Å². The summed E-state index contributed by atoms with van der Waals surface area (Å²) in [5.74, 6) is 0.824. The van der Waals surface area contributed by atoms with E-state index in [2.05, 4.69) is 74.5 Å². The van der Waals surface area contributed by atoms with Gasteiger partial charge in [-0.25, -0.2) is 0 Å². The van der Waals surface area contributed by atoms with Gasteiger partial charge in [-0.1, -0.05) is 42.5 Å². The lowest BCUT2D eigenvalue weighted by atomic mass is 10.0. The molecule has 0 unspecified atom stereocenters. The highest BCUT2D eigenvalue weighted by molar-refractivity contribution is 7.80. The van der Waals surface area contributed by atoms with Crippen LogP contribution in [0.3, 0.4) is 0 Å². The first kappa shape index (κ1) is 20.3. The van der Waals surface area contributed by atoms with Crippen molar-refractivity contribution in [3.05, 3.63) is 114 Å². The summed E-state index contributed by atoms with van der Waals surface area (Å²) < 4.78 is 7.66. The van der Waals surface area contributed by atoms with Gasteiger partial charge in [0.25, 0.3) is 0 Å². The van der Waals surface area contributed by atoms with Gasteiger partial charge in [0.15, 0.2) is 5.11 Å². The minimum Gasteiger partial charge on any atom is -0.497 e. The Labute approximate surface area is 193 Å². The number of aromatic nitrogens is 2. The second-order valence-electron chi connectivity index (χ2n) is 7.74. The Morgan fingerprint density at radius 2 is 1.81 bits per heavy atom. The normalized spacial score (nSPS) is 17.9. The molecule has 0 saturated carbocycles. The number of pyridine rings is 1. The molecule has 2 aromatic carbocycles. The van der Waals surface area contributed by atoms with E-state index >= 15 is 0 Å². The monoisotopic (exact) mass is 440 g/mol. The number of rotatable bonds is 6. The summed E-state index contributed by atoms with van der Waals surface area (Å²) in [5.41, 5.74) is 4.36. The van der Waals surface area contributed by atoms with E-state index in [4.69, 9.17) is 17.0 Å². The van der Waals surface area contributed by atoms with Crippen LogP contribution in [-0.2, 0) is 6.54 Å². The zero-order chi connectivity index (χ0) is 21.9. The predicted molar refractivity (Wildman–Crippen MR) is 130 cm³/mol. The second kappa shape index (κ2) is 8.85. The van der Waals surface area contributed by atoms with Crippen molar-refractivity contribution >= 4 is 17.3 Å². The second-order valence-corrected chi connectivity index (χ2v) is 8.13. The Bertz CT molecular complexity index is 1210. The molecule has 5 nitrogen and oxygen atoms in total. The summed E-state index contributed by atoms with van der Waals surface area (Å²) in [7, 11) is 1.69. The quantitative estimate of drug-likeness (QED) is 0.425. The molecule has 1 fully saturated rings. The van der Waals surface area contributed by atoms with Crippen molar-refractivity contribution < 1.29 is 4.74 Å². The van der Waals surface area contributed by atoms with Gasteiger partial charge in [0.05, 0.1) is 24.9 Å². The molecular formula is C26H24N4OS. The minimum atomic E-state index is -0.0633. The van der Waals surface area contributed by atoms with Gasteiger partial charge in [0, 0.05) is 36.4 Å². The van der Waals surface area contributed by atoms with Gasteiger partial charge < -0.3 is 19.5 Å². The summed E-state index contributed by atoms with van der Waals surface area (Å²) in [6.07, 6.45) is 3.92. The molecule has 3 heterocycles. The number of thiocarbonyl (C=S) groups is 1.